The van der Waals surface area contributed by atoms with Crippen LogP contribution in [0.2, 0.25) is 0 Å². The molecule has 1 aliphatic rings. The van der Waals surface area contributed by atoms with E-state index in [1.54, 1.807) is 6.92 Å². The first-order valence-corrected chi connectivity index (χ1v) is 4.08. The second-order valence-electron chi connectivity index (χ2n) is 3.26. The molecule has 1 unspecified atom stereocenters. The predicted octanol–water partition coefficient (Wildman–Crippen LogP) is 0.0726. The van der Waals surface area contributed by atoms with Crippen LogP contribution in [0.25, 0.3) is 0 Å². The smallest absolute Gasteiger partial charge is 0.219 e. The van der Waals surface area contributed by atoms with Crippen LogP contribution in [0.1, 0.15) is 13.8 Å². The Hall–Kier alpha value is -0.570. The number of hydrogen-bond donors (Lipinski definition) is 1. The Balaban J connectivity index is 2.23. The molecule has 1 heterocycles. The molecule has 0 saturated carbocycles. The summed E-state index contributed by atoms with van der Waals surface area (Å²) >= 11 is 0. The quantitative estimate of drug-likeness (QED) is 0.613. The predicted molar refractivity (Wildman–Crippen MR) is 44.3 cm³/mol. The fraction of sp³-hybridized carbons (Fsp3) is 0.875. The van der Waals surface area contributed by atoms with Crippen molar-refractivity contribution in [3.8, 4) is 0 Å². The van der Waals surface area contributed by atoms with Crippen LogP contribution in [0.5, 0.6) is 0 Å². The molecule has 0 spiro atoms. The van der Waals surface area contributed by atoms with Crippen LogP contribution >= 0.6 is 0 Å². The van der Waals surface area contributed by atoms with Gasteiger partial charge in [0.05, 0.1) is 0 Å². The molecule has 1 aliphatic heterocycles. The molecule has 0 bridgehead atoms. The van der Waals surface area contributed by atoms with Crippen LogP contribution in [0, 0.1) is 5.92 Å². The maximum Gasteiger partial charge on any atom is 0.219 e. The Morgan fingerprint density at radius 1 is 1.64 bits per heavy atom. The van der Waals surface area contributed by atoms with Gasteiger partial charge in [-0.05, 0) is 14.0 Å². The first-order chi connectivity index (χ1) is 5.15. The molecule has 1 saturated heterocycles. The van der Waals surface area contributed by atoms with Gasteiger partial charge in [0.1, 0.15) is 0 Å². The van der Waals surface area contributed by atoms with E-state index in [9.17, 15) is 4.79 Å². The average molecular weight is 156 g/mol. The van der Waals surface area contributed by atoms with Crippen molar-refractivity contribution in [2.24, 2.45) is 5.92 Å². The number of rotatable bonds is 2. The normalized spacial score (nSPS) is 21.2. The third-order valence-corrected chi connectivity index (χ3v) is 2.52. The van der Waals surface area contributed by atoms with Crippen LogP contribution in [0.4, 0.5) is 0 Å². The summed E-state index contributed by atoms with van der Waals surface area (Å²) in [5, 5.41) is 3.19. The molecule has 0 aromatic rings. The number of amides is 1. The van der Waals surface area contributed by atoms with Crippen LogP contribution in [-0.4, -0.2) is 37.0 Å². The van der Waals surface area contributed by atoms with Crippen LogP contribution < -0.4 is 5.32 Å². The third kappa shape index (κ3) is 1.71. The molecular weight excluding hydrogens is 140 g/mol. The number of likely N-dealkylation sites (tertiary alicyclic amines) is 1. The van der Waals surface area contributed by atoms with E-state index in [1.165, 1.54) is 0 Å². The molecule has 1 N–H and O–H groups in total. The van der Waals surface area contributed by atoms with Gasteiger partial charge in [-0.25, -0.2) is 0 Å². The average Bonchev–Trinajstić information content (AvgIpc) is 1.83. The number of hydrogen-bond acceptors (Lipinski definition) is 2. The molecule has 1 amide bonds. The second-order valence-corrected chi connectivity index (χ2v) is 3.26. The van der Waals surface area contributed by atoms with Gasteiger partial charge in [0.15, 0.2) is 0 Å². The Kier molecular flexibility index (Phi) is 2.49. The van der Waals surface area contributed by atoms with E-state index in [0.717, 1.165) is 13.1 Å². The lowest BCUT2D eigenvalue weighted by molar-refractivity contribution is -0.135. The molecule has 64 valence electrons. The minimum atomic E-state index is 0.199. The monoisotopic (exact) mass is 156 g/mol. The van der Waals surface area contributed by atoms with Gasteiger partial charge in [0, 0.05) is 32.0 Å². The summed E-state index contributed by atoms with van der Waals surface area (Å²) in [6, 6.07) is 0.533. The summed E-state index contributed by atoms with van der Waals surface area (Å²) in [5.74, 6) is 0.855. The summed E-state index contributed by atoms with van der Waals surface area (Å²) < 4.78 is 0. The molecule has 0 aromatic carbocycles. The Morgan fingerprint density at radius 2 is 2.18 bits per heavy atom. The molecule has 3 nitrogen and oxygen atoms in total. The maximum atomic E-state index is 10.8. The molecule has 1 rings (SSSR count). The van der Waals surface area contributed by atoms with Crippen molar-refractivity contribution in [1.29, 1.82) is 0 Å². The number of carbonyl (C=O) groups excluding carboxylic acids is 1. The maximum absolute atomic E-state index is 10.8. The van der Waals surface area contributed by atoms with Crippen molar-refractivity contribution in [1.82, 2.24) is 10.2 Å². The van der Waals surface area contributed by atoms with Crippen LogP contribution in [0.3, 0.4) is 0 Å². The van der Waals surface area contributed by atoms with Crippen LogP contribution in [-0.2, 0) is 4.79 Å². The van der Waals surface area contributed by atoms with Crippen molar-refractivity contribution in [2.45, 2.75) is 19.9 Å². The van der Waals surface area contributed by atoms with Gasteiger partial charge < -0.3 is 10.2 Å². The van der Waals surface area contributed by atoms with Crippen LogP contribution in [0.15, 0.2) is 0 Å². The van der Waals surface area contributed by atoms with Gasteiger partial charge in [-0.15, -0.1) is 0 Å². The number of carbonyl (C=O) groups is 1. The molecule has 11 heavy (non-hydrogen) atoms. The molecule has 3 heteroatoms. The van der Waals surface area contributed by atoms with Crippen molar-refractivity contribution in [3.63, 3.8) is 0 Å². The largest absolute Gasteiger partial charge is 0.342 e. The van der Waals surface area contributed by atoms with Crippen molar-refractivity contribution < 1.29 is 4.79 Å². The zero-order valence-electron chi connectivity index (χ0n) is 7.42. The molecule has 1 atom stereocenters. The van der Waals surface area contributed by atoms with Gasteiger partial charge in [0.2, 0.25) is 5.91 Å². The van der Waals surface area contributed by atoms with E-state index in [4.69, 9.17) is 0 Å². The summed E-state index contributed by atoms with van der Waals surface area (Å²) in [4.78, 5) is 12.7. The molecular formula is C8H16N2O. The summed E-state index contributed by atoms with van der Waals surface area (Å²) in [7, 11) is 1.96. The lowest BCUT2D eigenvalue weighted by Crippen LogP contribution is -2.55. The van der Waals surface area contributed by atoms with Crippen molar-refractivity contribution in [3.05, 3.63) is 0 Å². The first kappa shape index (κ1) is 8.53. The fourth-order valence-electron chi connectivity index (χ4n) is 1.32. The number of nitrogens with one attached hydrogen (secondary N) is 1. The fourth-order valence-corrected chi connectivity index (χ4v) is 1.32. The van der Waals surface area contributed by atoms with E-state index < -0.39 is 0 Å². The molecule has 0 aromatic heterocycles. The van der Waals surface area contributed by atoms with E-state index >= 15 is 0 Å². The minimum Gasteiger partial charge on any atom is -0.342 e. The van der Waals surface area contributed by atoms with Crippen molar-refractivity contribution in [2.75, 3.05) is 20.1 Å². The zero-order chi connectivity index (χ0) is 8.43. The Labute approximate surface area is 67.8 Å². The van der Waals surface area contributed by atoms with Gasteiger partial charge in [-0.2, -0.15) is 0 Å². The van der Waals surface area contributed by atoms with Gasteiger partial charge in [0.25, 0.3) is 0 Å². The minimum absolute atomic E-state index is 0.199. The zero-order valence-corrected chi connectivity index (χ0v) is 7.42. The van der Waals surface area contributed by atoms with E-state index in [2.05, 4.69) is 12.2 Å². The highest BCUT2D eigenvalue weighted by molar-refractivity contribution is 5.74. The summed E-state index contributed by atoms with van der Waals surface area (Å²) in [5.41, 5.74) is 0. The van der Waals surface area contributed by atoms with Gasteiger partial charge >= 0.3 is 0 Å². The summed E-state index contributed by atoms with van der Waals surface area (Å²) in [6.07, 6.45) is 0. The standard InChI is InChI=1S/C8H16N2O/c1-6(9-3)8-4-10(5-8)7(2)11/h6,8-9H,4-5H2,1-3H3. The lowest BCUT2D eigenvalue weighted by atomic mass is 9.93. The Morgan fingerprint density at radius 3 is 2.55 bits per heavy atom. The second kappa shape index (κ2) is 3.22. The van der Waals surface area contributed by atoms with Crippen molar-refractivity contribution >= 4 is 5.91 Å². The van der Waals surface area contributed by atoms with Gasteiger partial charge in [-0.3, -0.25) is 4.79 Å². The van der Waals surface area contributed by atoms with E-state index in [0.29, 0.717) is 12.0 Å². The molecule has 0 aliphatic carbocycles. The highest BCUT2D eigenvalue weighted by atomic mass is 16.2. The molecule has 0 radical (unpaired) electrons. The SMILES string of the molecule is CNC(C)C1CN(C(C)=O)C1. The lowest BCUT2D eigenvalue weighted by Gasteiger charge is -2.41. The first-order valence-electron chi connectivity index (χ1n) is 4.08. The third-order valence-electron chi connectivity index (χ3n) is 2.52. The topological polar surface area (TPSA) is 32.3 Å². The van der Waals surface area contributed by atoms with E-state index in [-0.39, 0.29) is 5.91 Å². The highest BCUT2D eigenvalue weighted by Gasteiger charge is 2.31. The Bertz CT molecular complexity index is 152. The summed E-state index contributed by atoms with van der Waals surface area (Å²) in [6.45, 7) is 5.64. The highest BCUT2D eigenvalue weighted by Crippen LogP contribution is 2.18. The molecule has 1 fully saturated rings. The van der Waals surface area contributed by atoms with Gasteiger partial charge in [-0.1, -0.05) is 0 Å². The van der Waals surface area contributed by atoms with E-state index in [1.807, 2.05) is 11.9 Å². The number of nitrogens with zero attached hydrogens (tertiary/aromatic N) is 1.